The van der Waals surface area contributed by atoms with Crippen LogP contribution in [0.3, 0.4) is 0 Å². The highest BCUT2D eigenvalue weighted by Crippen LogP contribution is 2.41. The molecule has 268 valence electrons. The molecule has 1 saturated heterocycles. The summed E-state index contributed by atoms with van der Waals surface area (Å²) in [5, 5.41) is 53.5. The van der Waals surface area contributed by atoms with Gasteiger partial charge in [-0.1, -0.05) is 45.1 Å². The van der Waals surface area contributed by atoms with Crippen LogP contribution < -0.4 is 29.8 Å². The maximum Gasteiger partial charge on any atom is 0.291 e. The summed E-state index contributed by atoms with van der Waals surface area (Å²) in [5.74, 6) is -0.0877. The fourth-order valence-electron chi connectivity index (χ4n) is 5.54. The Morgan fingerprint density at radius 1 is 0.939 bits per heavy atom. The first-order valence-electron chi connectivity index (χ1n) is 16.3. The van der Waals surface area contributed by atoms with Gasteiger partial charge in [-0.15, -0.1) is 0 Å². The van der Waals surface area contributed by atoms with Crippen molar-refractivity contribution >= 4 is 28.6 Å². The number of amides is 1. The first-order valence-corrected chi connectivity index (χ1v) is 16.3. The number of aromatic nitrogens is 1. The highest BCUT2D eigenvalue weighted by Gasteiger charge is 2.45. The molecule has 49 heavy (non-hydrogen) atoms. The lowest BCUT2D eigenvalue weighted by Gasteiger charge is -2.39. The normalized spacial score (nSPS) is 20.8. The summed E-state index contributed by atoms with van der Waals surface area (Å²) >= 11 is 0. The molecule has 1 aliphatic heterocycles. The van der Waals surface area contributed by atoms with Gasteiger partial charge >= 0.3 is 0 Å². The molecule has 3 aromatic rings. The predicted octanol–water partition coefficient (Wildman–Crippen LogP) is 2.61. The third kappa shape index (κ3) is 9.29. The predicted molar refractivity (Wildman–Crippen MR) is 181 cm³/mol. The number of H-pyrrole nitrogens is 1. The van der Waals surface area contributed by atoms with Crippen LogP contribution in [0.15, 0.2) is 41.2 Å². The Balaban J connectivity index is 1.45. The van der Waals surface area contributed by atoms with E-state index in [0.717, 1.165) is 19.3 Å². The second kappa shape index (κ2) is 18.0. The zero-order chi connectivity index (χ0) is 35.5. The Hall–Kier alpha value is -4.18. The van der Waals surface area contributed by atoms with Crippen LogP contribution in [0, 0.1) is 0 Å². The van der Waals surface area contributed by atoms with E-state index in [-0.39, 0.29) is 29.6 Å². The van der Waals surface area contributed by atoms with Crippen LogP contribution in [0.5, 0.6) is 23.0 Å². The van der Waals surface area contributed by atoms with Crippen LogP contribution in [0.1, 0.15) is 56.6 Å². The standard InChI is InChI=1S/C35H46N2O12/c1-4-5-6-7-8-9-14-47-32-23(18-38)22-12-11-21(17-24(22)37-34(32)44)36-28(40)13-10-20-15-25(45-2)33(26(16-20)46-3)49-35-31(43)30(42)29(41)27(19-39)48-35/h10-13,15-17,27,29-31,35,38-39,41-43H,4-9,14,18-19H2,1-3H3,(H,36,40)(H,37,44)/b13-10+/t27-,29-,30+,31+,35+/m1/s1. The van der Waals surface area contributed by atoms with Crippen LogP contribution in [0.4, 0.5) is 5.69 Å². The molecule has 1 amide bonds. The van der Waals surface area contributed by atoms with Crippen molar-refractivity contribution in [3.63, 3.8) is 0 Å². The highest BCUT2D eigenvalue weighted by atomic mass is 16.7. The van der Waals surface area contributed by atoms with Gasteiger partial charge in [0.2, 0.25) is 17.9 Å². The van der Waals surface area contributed by atoms with Gasteiger partial charge in [0.15, 0.2) is 17.2 Å². The van der Waals surface area contributed by atoms with Gasteiger partial charge in [0.05, 0.1) is 39.6 Å². The lowest BCUT2D eigenvalue weighted by Crippen LogP contribution is -2.60. The number of fused-ring (bicyclic) bond motifs is 1. The summed E-state index contributed by atoms with van der Waals surface area (Å²) in [6.45, 7) is 1.52. The average Bonchev–Trinajstić information content (AvgIpc) is 3.10. The number of carbonyl (C=O) groups is 1. The van der Waals surface area contributed by atoms with Gasteiger partial charge in [0, 0.05) is 22.7 Å². The van der Waals surface area contributed by atoms with E-state index in [1.54, 1.807) is 18.2 Å². The second-order valence-electron chi connectivity index (χ2n) is 11.7. The van der Waals surface area contributed by atoms with E-state index in [0.29, 0.717) is 34.3 Å². The summed E-state index contributed by atoms with van der Waals surface area (Å²) in [4.78, 5) is 28.5. The summed E-state index contributed by atoms with van der Waals surface area (Å²) in [6.07, 6.45) is 1.75. The van der Waals surface area contributed by atoms with E-state index in [1.807, 2.05) is 0 Å². The smallest absolute Gasteiger partial charge is 0.291 e. The molecule has 1 aliphatic rings. The van der Waals surface area contributed by atoms with E-state index in [9.17, 15) is 35.1 Å². The Kier molecular flexibility index (Phi) is 13.8. The van der Waals surface area contributed by atoms with Crippen molar-refractivity contribution in [3.05, 3.63) is 57.9 Å². The Morgan fingerprint density at radius 3 is 2.29 bits per heavy atom. The van der Waals surface area contributed by atoms with Gasteiger partial charge in [0.25, 0.3) is 5.56 Å². The van der Waals surface area contributed by atoms with E-state index < -0.39 is 48.8 Å². The van der Waals surface area contributed by atoms with Crippen LogP contribution in [-0.4, -0.2) is 94.6 Å². The fraction of sp³-hybridized carbons (Fsp3) is 0.486. The molecule has 2 heterocycles. The molecule has 14 heteroatoms. The van der Waals surface area contributed by atoms with E-state index in [4.69, 9.17) is 23.7 Å². The molecular formula is C35H46N2O12. The Morgan fingerprint density at radius 2 is 1.63 bits per heavy atom. The van der Waals surface area contributed by atoms with Gasteiger partial charge in [-0.25, -0.2) is 0 Å². The van der Waals surface area contributed by atoms with Crippen molar-refractivity contribution in [2.75, 3.05) is 32.8 Å². The topological polar surface area (TPSA) is 209 Å². The number of rotatable bonds is 17. The summed E-state index contributed by atoms with van der Waals surface area (Å²) in [5.41, 5.74) is 1.22. The quantitative estimate of drug-likeness (QED) is 0.0808. The molecule has 0 bridgehead atoms. The van der Waals surface area contributed by atoms with Crippen LogP contribution in [0.25, 0.3) is 17.0 Å². The molecule has 0 unspecified atom stereocenters. The van der Waals surface area contributed by atoms with E-state index >= 15 is 0 Å². The second-order valence-corrected chi connectivity index (χ2v) is 11.7. The molecule has 7 N–H and O–H groups in total. The number of carbonyl (C=O) groups excluding carboxylic acids is 1. The summed E-state index contributed by atoms with van der Waals surface area (Å²) in [7, 11) is 2.73. The fourth-order valence-corrected chi connectivity index (χ4v) is 5.54. The van der Waals surface area contributed by atoms with Gasteiger partial charge in [0.1, 0.15) is 24.4 Å². The lowest BCUT2D eigenvalue weighted by atomic mass is 9.99. The lowest BCUT2D eigenvalue weighted by molar-refractivity contribution is -0.277. The minimum Gasteiger partial charge on any atom is -0.493 e. The van der Waals surface area contributed by atoms with Gasteiger partial charge in [-0.2, -0.15) is 0 Å². The first-order chi connectivity index (χ1) is 23.6. The third-order valence-electron chi connectivity index (χ3n) is 8.24. The minimum absolute atomic E-state index is 0.0132. The molecule has 2 aromatic carbocycles. The number of aromatic amines is 1. The molecule has 0 spiro atoms. The van der Waals surface area contributed by atoms with Crippen molar-refractivity contribution in [3.8, 4) is 23.0 Å². The zero-order valence-corrected chi connectivity index (χ0v) is 27.9. The monoisotopic (exact) mass is 686 g/mol. The molecular weight excluding hydrogens is 640 g/mol. The van der Waals surface area contributed by atoms with E-state index in [1.165, 1.54) is 57.8 Å². The molecule has 0 saturated carbocycles. The number of hydrogen-bond donors (Lipinski definition) is 7. The maximum atomic E-state index is 12.9. The maximum absolute atomic E-state index is 12.9. The van der Waals surface area contributed by atoms with Crippen LogP contribution >= 0.6 is 0 Å². The van der Waals surface area contributed by atoms with Crippen molar-refractivity contribution in [2.24, 2.45) is 0 Å². The van der Waals surface area contributed by atoms with Gasteiger partial charge < -0.3 is 59.5 Å². The van der Waals surface area contributed by atoms with Crippen molar-refractivity contribution in [1.82, 2.24) is 4.98 Å². The van der Waals surface area contributed by atoms with Crippen molar-refractivity contribution < 1.29 is 54.0 Å². The molecule has 14 nitrogen and oxygen atoms in total. The summed E-state index contributed by atoms with van der Waals surface area (Å²) < 4.78 is 27.9. The Bertz CT molecular complexity index is 1610. The van der Waals surface area contributed by atoms with Gasteiger partial charge in [-0.05, 0) is 42.3 Å². The third-order valence-corrected chi connectivity index (χ3v) is 8.24. The zero-order valence-electron chi connectivity index (χ0n) is 27.9. The number of ether oxygens (including phenoxy) is 5. The van der Waals surface area contributed by atoms with E-state index in [2.05, 4.69) is 17.2 Å². The number of benzene rings is 2. The highest BCUT2D eigenvalue weighted by molar-refractivity contribution is 6.03. The number of pyridine rings is 1. The first kappa shape index (κ1) is 37.6. The van der Waals surface area contributed by atoms with Gasteiger partial charge in [-0.3, -0.25) is 9.59 Å². The molecule has 5 atom stereocenters. The molecule has 1 fully saturated rings. The number of anilines is 1. The number of aliphatic hydroxyl groups excluding tert-OH is 5. The largest absolute Gasteiger partial charge is 0.493 e. The number of unbranched alkanes of at least 4 members (excludes halogenated alkanes) is 5. The number of aliphatic hydroxyl groups is 5. The molecule has 1 aromatic heterocycles. The molecule has 4 rings (SSSR count). The average molecular weight is 687 g/mol. The number of hydrogen-bond acceptors (Lipinski definition) is 12. The molecule has 0 aliphatic carbocycles. The molecule has 0 radical (unpaired) electrons. The number of methoxy groups -OCH3 is 2. The van der Waals surface area contributed by atoms with Crippen molar-refractivity contribution in [2.45, 2.75) is 82.8 Å². The Labute approximate surface area is 283 Å². The minimum atomic E-state index is -1.65. The summed E-state index contributed by atoms with van der Waals surface area (Å²) in [6, 6.07) is 8.01. The van der Waals surface area contributed by atoms with Crippen LogP contribution in [0.2, 0.25) is 0 Å². The number of nitrogens with one attached hydrogen (secondary N) is 2. The SMILES string of the molecule is CCCCCCCCOc1c(CO)c2ccc(NC(=O)/C=C/c3cc(OC)c(O[C@@H]4O[C@H](CO)[C@@H](O)[C@H](O)[C@@H]4O)c(OC)c3)cc2[nH]c1=O. The van der Waals surface area contributed by atoms with Crippen molar-refractivity contribution in [1.29, 1.82) is 0 Å². The van der Waals surface area contributed by atoms with Crippen LogP contribution in [-0.2, 0) is 16.1 Å².